The molecule has 2 heterocycles. The van der Waals surface area contributed by atoms with Crippen molar-refractivity contribution in [1.82, 2.24) is 9.80 Å². The fourth-order valence-electron chi connectivity index (χ4n) is 3.46. The highest BCUT2D eigenvalue weighted by atomic mass is 35.5. The maximum atomic E-state index is 12.7. The van der Waals surface area contributed by atoms with Gasteiger partial charge in [0.25, 0.3) is 11.6 Å². The van der Waals surface area contributed by atoms with Crippen molar-refractivity contribution in [3.05, 3.63) is 69.4 Å². The van der Waals surface area contributed by atoms with E-state index in [0.29, 0.717) is 43.2 Å². The number of carbonyl (C=O) groups is 2. The van der Waals surface area contributed by atoms with E-state index in [1.807, 2.05) is 29.2 Å². The molecule has 1 aliphatic heterocycles. The summed E-state index contributed by atoms with van der Waals surface area (Å²) in [5, 5.41) is 14.4. The number of nitrogens with zero attached hydrogens (tertiary/aromatic N) is 3. The number of piperazine rings is 1. The minimum absolute atomic E-state index is 0.101. The van der Waals surface area contributed by atoms with Crippen molar-refractivity contribution in [3.8, 4) is 0 Å². The maximum Gasteiger partial charge on any atom is 0.289 e. The molecule has 1 aromatic heterocycles. The summed E-state index contributed by atoms with van der Waals surface area (Å²) in [5.41, 5.74) is 0.843. The van der Waals surface area contributed by atoms with Crippen LogP contribution in [0.2, 0.25) is 5.02 Å². The van der Waals surface area contributed by atoms with Crippen LogP contribution in [-0.2, 0) is 4.79 Å². The molecular formula is C21H19ClN4O5. The Morgan fingerprint density at radius 1 is 1.10 bits per heavy atom. The quantitative estimate of drug-likeness (QED) is 0.479. The molecule has 160 valence electrons. The minimum Gasteiger partial charge on any atom is -0.451 e. The normalized spacial score (nSPS) is 14.5. The van der Waals surface area contributed by atoms with E-state index in [1.165, 1.54) is 18.2 Å². The van der Waals surface area contributed by atoms with Crippen molar-refractivity contribution in [1.29, 1.82) is 0 Å². The van der Waals surface area contributed by atoms with Crippen molar-refractivity contribution < 1.29 is 18.9 Å². The average molecular weight is 443 g/mol. The summed E-state index contributed by atoms with van der Waals surface area (Å²) in [6.45, 7) is 2.14. The third kappa shape index (κ3) is 4.68. The summed E-state index contributed by atoms with van der Waals surface area (Å²) < 4.78 is 5.65. The van der Waals surface area contributed by atoms with E-state index >= 15 is 0 Å². The summed E-state index contributed by atoms with van der Waals surface area (Å²) in [4.78, 5) is 38.9. The first-order valence-corrected chi connectivity index (χ1v) is 10.0. The summed E-state index contributed by atoms with van der Waals surface area (Å²) in [7, 11) is 0. The second-order valence-corrected chi connectivity index (χ2v) is 7.59. The second-order valence-electron chi connectivity index (χ2n) is 7.19. The molecule has 0 atom stereocenters. The zero-order valence-electron chi connectivity index (χ0n) is 16.4. The molecule has 1 fully saturated rings. The zero-order chi connectivity index (χ0) is 22.0. The molecule has 1 aliphatic rings. The lowest BCUT2D eigenvalue weighted by molar-refractivity contribution is -0.384. The number of para-hydroxylation sites is 1. The molecule has 10 heteroatoms. The van der Waals surface area contributed by atoms with Crippen LogP contribution in [-0.4, -0.2) is 59.3 Å². The lowest BCUT2D eigenvalue weighted by Crippen LogP contribution is -2.50. The zero-order valence-corrected chi connectivity index (χ0v) is 17.2. The Balaban J connectivity index is 1.30. The van der Waals surface area contributed by atoms with E-state index in [2.05, 4.69) is 5.32 Å². The van der Waals surface area contributed by atoms with Gasteiger partial charge in [0.1, 0.15) is 5.58 Å². The Morgan fingerprint density at radius 2 is 1.84 bits per heavy atom. The fraction of sp³-hybridized carbons (Fsp3) is 0.238. The molecule has 1 N–H and O–H groups in total. The highest BCUT2D eigenvalue weighted by Crippen LogP contribution is 2.26. The molecule has 3 aromatic rings. The van der Waals surface area contributed by atoms with E-state index in [-0.39, 0.29) is 29.1 Å². The number of hydrogen-bond donors (Lipinski definition) is 1. The standard InChI is InChI=1S/C21H19ClN4O5/c22-16-12-15(26(29)30)5-6-17(16)23-20(27)13-24-7-9-25(10-8-24)21(28)19-11-14-3-1-2-4-18(14)31-19/h1-6,11-12H,7-10,13H2,(H,23,27). The molecule has 0 spiro atoms. The molecule has 2 aromatic carbocycles. The van der Waals surface area contributed by atoms with E-state index in [4.69, 9.17) is 16.0 Å². The lowest BCUT2D eigenvalue weighted by atomic mass is 10.2. The Kier molecular flexibility index (Phi) is 5.88. The third-order valence-corrected chi connectivity index (χ3v) is 5.41. The van der Waals surface area contributed by atoms with Crippen molar-refractivity contribution in [2.24, 2.45) is 0 Å². The number of fused-ring (bicyclic) bond motifs is 1. The highest BCUT2D eigenvalue weighted by Gasteiger charge is 2.25. The molecule has 0 saturated carbocycles. The first kappa shape index (κ1) is 20.8. The van der Waals surface area contributed by atoms with Crippen LogP contribution in [0.4, 0.5) is 11.4 Å². The number of halogens is 1. The van der Waals surface area contributed by atoms with Gasteiger partial charge in [-0.1, -0.05) is 29.8 Å². The van der Waals surface area contributed by atoms with E-state index < -0.39 is 4.92 Å². The number of non-ortho nitro benzene ring substituents is 1. The van der Waals surface area contributed by atoms with Crippen LogP contribution >= 0.6 is 11.6 Å². The molecule has 2 amide bonds. The molecule has 0 unspecified atom stereocenters. The maximum absolute atomic E-state index is 12.7. The van der Waals surface area contributed by atoms with E-state index in [1.54, 1.807) is 11.0 Å². The van der Waals surface area contributed by atoms with Crippen molar-refractivity contribution in [2.45, 2.75) is 0 Å². The van der Waals surface area contributed by atoms with Crippen LogP contribution in [0, 0.1) is 10.1 Å². The number of nitrogens with one attached hydrogen (secondary N) is 1. The molecule has 0 radical (unpaired) electrons. The molecule has 9 nitrogen and oxygen atoms in total. The van der Waals surface area contributed by atoms with Gasteiger partial charge in [-0.15, -0.1) is 0 Å². The van der Waals surface area contributed by atoms with Gasteiger partial charge in [0.05, 0.1) is 22.2 Å². The third-order valence-electron chi connectivity index (χ3n) is 5.10. The van der Waals surface area contributed by atoms with Gasteiger partial charge in [-0.2, -0.15) is 0 Å². The number of benzene rings is 2. The van der Waals surface area contributed by atoms with Crippen molar-refractivity contribution in [3.63, 3.8) is 0 Å². The largest absolute Gasteiger partial charge is 0.451 e. The van der Waals surface area contributed by atoms with Crippen LogP contribution in [0.3, 0.4) is 0 Å². The fourth-order valence-corrected chi connectivity index (χ4v) is 3.69. The van der Waals surface area contributed by atoms with Crippen molar-refractivity contribution in [2.75, 3.05) is 38.0 Å². The molecule has 1 saturated heterocycles. The van der Waals surface area contributed by atoms with Crippen LogP contribution < -0.4 is 5.32 Å². The Bertz CT molecular complexity index is 1120. The van der Waals surface area contributed by atoms with Crippen LogP contribution in [0.5, 0.6) is 0 Å². The van der Waals surface area contributed by atoms with Gasteiger partial charge in [0.2, 0.25) is 5.91 Å². The summed E-state index contributed by atoms with van der Waals surface area (Å²) in [5.74, 6) is -0.147. The summed E-state index contributed by atoms with van der Waals surface area (Å²) in [6.07, 6.45) is 0. The Morgan fingerprint density at radius 3 is 2.52 bits per heavy atom. The van der Waals surface area contributed by atoms with Gasteiger partial charge < -0.3 is 14.6 Å². The monoisotopic (exact) mass is 442 g/mol. The minimum atomic E-state index is -0.552. The van der Waals surface area contributed by atoms with Crippen LogP contribution in [0.25, 0.3) is 11.0 Å². The summed E-state index contributed by atoms with van der Waals surface area (Å²) in [6, 6.07) is 13.1. The smallest absolute Gasteiger partial charge is 0.289 e. The lowest BCUT2D eigenvalue weighted by Gasteiger charge is -2.33. The molecule has 0 aliphatic carbocycles. The number of anilines is 1. The van der Waals surface area contributed by atoms with Crippen LogP contribution in [0.15, 0.2) is 52.9 Å². The predicted octanol–water partition coefficient (Wildman–Crippen LogP) is 3.39. The Labute approximate surface area is 182 Å². The van der Waals surface area contributed by atoms with Gasteiger partial charge >= 0.3 is 0 Å². The number of furan rings is 1. The van der Waals surface area contributed by atoms with Gasteiger partial charge in [-0.3, -0.25) is 24.6 Å². The van der Waals surface area contributed by atoms with E-state index in [9.17, 15) is 19.7 Å². The Hall–Kier alpha value is -3.43. The van der Waals surface area contributed by atoms with Gasteiger partial charge in [-0.25, -0.2) is 0 Å². The number of amides is 2. The van der Waals surface area contributed by atoms with Gasteiger partial charge in [-0.05, 0) is 18.2 Å². The number of carbonyl (C=O) groups excluding carboxylic acids is 2. The predicted molar refractivity (Wildman–Crippen MR) is 115 cm³/mol. The van der Waals surface area contributed by atoms with E-state index in [0.717, 1.165) is 5.39 Å². The molecule has 0 bridgehead atoms. The number of nitro groups is 1. The van der Waals surface area contributed by atoms with Gasteiger partial charge in [0, 0.05) is 43.7 Å². The highest BCUT2D eigenvalue weighted by molar-refractivity contribution is 6.34. The molecular weight excluding hydrogens is 424 g/mol. The van der Waals surface area contributed by atoms with Crippen molar-refractivity contribution >= 4 is 45.8 Å². The van der Waals surface area contributed by atoms with Crippen LogP contribution in [0.1, 0.15) is 10.6 Å². The molecule has 31 heavy (non-hydrogen) atoms. The molecule has 4 rings (SSSR count). The second kappa shape index (κ2) is 8.75. The SMILES string of the molecule is O=C(CN1CCN(C(=O)c2cc3ccccc3o2)CC1)Nc1ccc([N+](=O)[O-])cc1Cl. The average Bonchev–Trinajstić information content (AvgIpc) is 3.19. The summed E-state index contributed by atoms with van der Waals surface area (Å²) >= 11 is 6.02. The van der Waals surface area contributed by atoms with Gasteiger partial charge in [0.15, 0.2) is 5.76 Å². The first-order valence-electron chi connectivity index (χ1n) is 9.65. The number of nitro benzene ring substituents is 1. The number of hydrogen-bond acceptors (Lipinski definition) is 6. The topological polar surface area (TPSA) is 109 Å². The first-order chi connectivity index (χ1) is 14.9. The number of rotatable bonds is 5.